The highest BCUT2D eigenvalue weighted by molar-refractivity contribution is 5.93. The Balaban J connectivity index is 5.51. The van der Waals surface area contributed by atoms with Crippen LogP contribution in [0.4, 0.5) is 0 Å². The van der Waals surface area contributed by atoms with Gasteiger partial charge in [-0.25, -0.2) is 4.79 Å². The zero-order valence-corrected chi connectivity index (χ0v) is 18.0. The van der Waals surface area contributed by atoms with Gasteiger partial charge < -0.3 is 25.5 Å². The van der Waals surface area contributed by atoms with E-state index >= 15 is 0 Å². The van der Waals surface area contributed by atoms with Gasteiger partial charge in [0.25, 0.3) is 0 Å². The minimum absolute atomic E-state index is 0.0610. The molecule has 1 amide bonds. The van der Waals surface area contributed by atoms with Crippen LogP contribution in [0.2, 0.25) is 0 Å². The number of aliphatic hydroxyl groups is 2. The van der Waals surface area contributed by atoms with E-state index in [2.05, 4.69) is 5.32 Å². The molecule has 8 heteroatoms. The number of Topliss-reactive ketones (excluding diaryl/α,β-unsaturated/α-hetero) is 1. The van der Waals surface area contributed by atoms with Crippen molar-refractivity contribution in [3.8, 4) is 0 Å². The molecule has 164 valence electrons. The summed E-state index contributed by atoms with van der Waals surface area (Å²) in [6.07, 6.45) is -0.168. The van der Waals surface area contributed by atoms with Crippen molar-refractivity contribution in [3.05, 3.63) is 0 Å². The molecule has 2 unspecified atom stereocenters. The van der Waals surface area contributed by atoms with Crippen molar-refractivity contribution in [2.75, 3.05) is 14.1 Å². The molecule has 0 aliphatic heterocycles. The fourth-order valence-electron chi connectivity index (χ4n) is 3.45. The van der Waals surface area contributed by atoms with Gasteiger partial charge in [0.2, 0.25) is 5.91 Å². The highest BCUT2D eigenvalue weighted by Crippen LogP contribution is 2.22. The smallest absolute Gasteiger partial charge is 0.332 e. The molecule has 28 heavy (non-hydrogen) atoms. The molecule has 6 atom stereocenters. The minimum Gasteiger partial charge on any atom is -0.479 e. The van der Waals surface area contributed by atoms with Gasteiger partial charge in [-0.3, -0.25) is 9.59 Å². The lowest BCUT2D eigenvalue weighted by Gasteiger charge is -2.35. The number of carboxylic acids is 1. The maximum absolute atomic E-state index is 13.0. The van der Waals surface area contributed by atoms with Crippen LogP contribution in [0.25, 0.3) is 0 Å². The Morgan fingerprint density at radius 3 is 2.04 bits per heavy atom. The SMILES string of the molecule is CC[C@H](C)[C@H](NC)C(=O)N(C)[C@H](C(=O)CC(O)C(=O)O)[C@@H](C)CCCC(C)O. The van der Waals surface area contributed by atoms with Gasteiger partial charge in [0.1, 0.15) is 0 Å². The van der Waals surface area contributed by atoms with E-state index in [9.17, 15) is 24.6 Å². The lowest BCUT2D eigenvalue weighted by Crippen LogP contribution is -2.54. The summed E-state index contributed by atoms with van der Waals surface area (Å²) in [7, 11) is 3.25. The third-order valence-corrected chi connectivity index (χ3v) is 5.38. The first-order valence-corrected chi connectivity index (χ1v) is 10.0. The number of nitrogens with one attached hydrogen (secondary N) is 1. The molecular formula is C20H38N2O6. The van der Waals surface area contributed by atoms with Crippen molar-refractivity contribution in [2.45, 2.75) is 84.1 Å². The molecule has 0 rings (SSSR count). The second kappa shape index (κ2) is 12.9. The third-order valence-electron chi connectivity index (χ3n) is 5.38. The van der Waals surface area contributed by atoms with Crippen molar-refractivity contribution >= 4 is 17.7 Å². The minimum atomic E-state index is -1.79. The molecule has 0 aliphatic carbocycles. The highest BCUT2D eigenvalue weighted by Gasteiger charge is 2.36. The molecule has 0 bridgehead atoms. The Labute approximate surface area is 168 Å². The fourth-order valence-corrected chi connectivity index (χ4v) is 3.45. The second-order valence-corrected chi connectivity index (χ2v) is 7.83. The number of carboxylic acid groups (broad SMARTS) is 1. The van der Waals surface area contributed by atoms with E-state index < -0.39 is 42.5 Å². The summed E-state index contributed by atoms with van der Waals surface area (Å²) >= 11 is 0. The van der Waals surface area contributed by atoms with Gasteiger partial charge in [0, 0.05) is 13.5 Å². The Morgan fingerprint density at radius 2 is 1.61 bits per heavy atom. The number of amides is 1. The first kappa shape index (κ1) is 26.5. The number of aliphatic carboxylic acids is 1. The molecule has 0 aromatic rings. The van der Waals surface area contributed by atoms with E-state index in [-0.39, 0.29) is 17.7 Å². The topological polar surface area (TPSA) is 127 Å². The summed E-state index contributed by atoms with van der Waals surface area (Å²) < 4.78 is 0. The first-order valence-electron chi connectivity index (χ1n) is 10.0. The Kier molecular flexibility index (Phi) is 12.2. The number of ketones is 1. The number of hydrogen-bond donors (Lipinski definition) is 4. The van der Waals surface area contributed by atoms with E-state index in [0.717, 1.165) is 6.42 Å². The van der Waals surface area contributed by atoms with Crippen LogP contribution in [0.3, 0.4) is 0 Å². The number of carbonyl (C=O) groups excluding carboxylic acids is 2. The van der Waals surface area contributed by atoms with Crippen molar-refractivity contribution in [2.24, 2.45) is 11.8 Å². The van der Waals surface area contributed by atoms with E-state index in [4.69, 9.17) is 5.11 Å². The van der Waals surface area contributed by atoms with Crippen LogP contribution < -0.4 is 5.32 Å². The molecule has 4 N–H and O–H groups in total. The number of carbonyl (C=O) groups is 3. The van der Waals surface area contributed by atoms with Crippen LogP contribution in [0, 0.1) is 11.8 Å². The predicted molar refractivity (Wildman–Crippen MR) is 107 cm³/mol. The first-order chi connectivity index (χ1) is 13.0. The molecule has 0 fully saturated rings. The molecule has 0 radical (unpaired) electrons. The average Bonchev–Trinajstić information content (AvgIpc) is 2.61. The van der Waals surface area contributed by atoms with E-state index in [1.165, 1.54) is 4.90 Å². The summed E-state index contributed by atoms with van der Waals surface area (Å²) in [5, 5.41) is 31.0. The van der Waals surface area contributed by atoms with Gasteiger partial charge in [-0.05, 0) is 38.6 Å². The van der Waals surface area contributed by atoms with Crippen LogP contribution in [0.5, 0.6) is 0 Å². The lowest BCUT2D eigenvalue weighted by atomic mass is 9.88. The Morgan fingerprint density at radius 1 is 1.04 bits per heavy atom. The highest BCUT2D eigenvalue weighted by atomic mass is 16.4. The van der Waals surface area contributed by atoms with Gasteiger partial charge in [0.05, 0.1) is 18.2 Å². The molecular weight excluding hydrogens is 364 g/mol. The van der Waals surface area contributed by atoms with Crippen molar-refractivity contribution < 1.29 is 29.7 Å². The monoisotopic (exact) mass is 402 g/mol. The number of aliphatic hydroxyl groups excluding tert-OH is 2. The fraction of sp³-hybridized carbons (Fsp3) is 0.850. The van der Waals surface area contributed by atoms with Gasteiger partial charge >= 0.3 is 5.97 Å². The average molecular weight is 403 g/mol. The van der Waals surface area contributed by atoms with E-state index in [1.807, 2.05) is 20.8 Å². The number of likely N-dealkylation sites (N-methyl/N-ethyl adjacent to an activating group) is 2. The predicted octanol–water partition coefficient (Wildman–Crippen LogP) is 1.04. The molecule has 8 nitrogen and oxygen atoms in total. The molecule has 0 spiro atoms. The molecule has 0 saturated heterocycles. The maximum atomic E-state index is 13.0. The summed E-state index contributed by atoms with van der Waals surface area (Å²) in [6.45, 7) is 7.45. The summed E-state index contributed by atoms with van der Waals surface area (Å²) in [5.41, 5.74) is 0. The quantitative estimate of drug-likeness (QED) is 0.342. The Hall–Kier alpha value is -1.51. The van der Waals surface area contributed by atoms with Crippen molar-refractivity contribution in [1.82, 2.24) is 10.2 Å². The van der Waals surface area contributed by atoms with Crippen LogP contribution in [0.15, 0.2) is 0 Å². The van der Waals surface area contributed by atoms with Crippen LogP contribution in [-0.4, -0.2) is 76.3 Å². The zero-order valence-electron chi connectivity index (χ0n) is 18.0. The van der Waals surface area contributed by atoms with Gasteiger partial charge in [-0.2, -0.15) is 0 Å². The zero-order chi connectivity index (χ0) is 22.0. The van der Waals surface area contributed by atoms with Crippen LogP contribution in [0.1, 0.15) is 59.8 Å². The summed E-state index contributed by atoms with van der Waals surface area (Å²) in [5.74, 6) is -2.35. The van der Waals surface area contributed by atoms with Crippen LogP contribution in [-0.2, 0) is 14.4 Å². The van der Waals surface area contributed by atoms with Crippen molar-refractivity contribution in [1.29, 1.82) is 0 Å². The third kappa shape index (κ3) is 8.24. The van der Waals surface area contributed by atoms with Crippen LogP contribution >= 0.6 is 0 Å². The molecule has 0 aromatic heterocycles. The normalized spacial score (nSPS) is 17.9. The summed E-state index contributed by atoms with van der Waals surface area (Å²) in [4.78, 5) is 38.2. The Bertz CT molecular complexity index is 511. The number of nitrogens with zero attached hydrogens (tertiary/aromatic N) is 1. The number of rotatable bonds is 14. The molecule has 0 aliphatic rings. The number of hydrogen-bond acceptors (Lipinski definition) is 6. The van der Waals surface area contributed by atoms with Crippen molar-refractivity contribution in [3.63, 3.8) is 0 Å². The van der Waals surface area contributed by atoms with E-state index in [1.54, 1.807) is 21.0 Å². The maximum Gasteiger partial charge on any atom is 0.332 e. The van der Waals surface area contributed by atoms with Gasteiger partial charge in [-0.1, -0.05) is 33.6 Å². The van der Waals surface area contributed by atoms with Gasteiger partial charge in [-0.15, -0.1) is 0 Å². The largest absolute Gasteiger partial charge is 0.479 e. The second-order valence-electron chi connectivity index (χ2n) is 7.83. The molecule has 0 heterocycles. The standard InChI is InChI=1S/C20H38N2O6/c1-7-12(2)17(21-5)19(26)22(6)18(13(3)9-8-10-14(4)23)15(24)11-16(25)20(27)28/h12-14,16-18,21,23,25H,7-11H2,1-6H3,(H,27,28)/t12-,13-,14?,16?,17-,18-/m0/s1. The lowest BCUT2D eigenvalue weighted by molar-refractivity contribution is -0.150. The van der Waals surface area contributed by atoms with E-state index in [0.29, 0.717) is 19.3 Å². The summed E-state index contributed by atoms with van der Waals surface area (Å²) in [6, 6.07) is -1.30. The molecule has 0 saturated carbocycles. The molecule has 0 aromatic carbocycles. The van der Waals surface area contributed by atoms with Gasteiger partial charge in [0.15, 0.2) is 11.9 Å².